The zero-order valence-electron chi connectivity index (χ0n) is 19.4. The number of hydrogen-bond donors (Lipinski definition) is 1. The van der Waals surface area contributed by atoms with Gasteiger partial charge < -0.3 is 10.1 Å². The van der Waals surface area contributed by atoms with Crippen LogP contribution in [0.1, 0.15) is 28.1 Å². The second kappa shape index (κ2) is 11.1. The van der Waals surface area contributed by atoms with Crippen LogP contribution in [-0.2, 0) is 16.1 Å². The van der Waals surface area contributed by atoms with Crippen molar-refractivity contribution in [2.24, 2.45) is 0 Å². The molecule has 0 radical (unpaired) electrons. The summed E-state index contributed by atoms with van der Waals surface area (Å²) in [7, 11) is 1.57. The van der Waals surface area contributed by atoms with Crippen LogP contribution in [0.25, 0.3) is 10.9 Å². The number of benzene rings is 3. The molecule has 0 spiro atoms. The summed E-state index contributed by atoms with van der Waals surface area (Å²) in [5.74, 6) is -0.375. The molecular weight excluding hydrogens is 462 g/mol. The van der Waals surface area contributed by atoms with E-state index in [1.807, 2.05) is 36.4 Å². The average Bonchev–Trinajstić information content (AvgIpc) is 2.87. The van der Waals surface area contributed by atoms with Gasteiger partial charge in [0.1, 0.15) is 5.25 Å². The number of carbonyl (C=O) groups excluding carboxylic acids is 2. The quantitative estimate of drug-likeness (QED) is 0.209. The molecule has 1 aromatic heterocycles. The molecule has 4 rings (SSSR count). The lowest BCUT2D eigenvalue weighted by atomic mass is 10.1. The average molecular weight is 488 g/mol. The molecule has 1 atom stereocenters. The topological polar surface area (TPSA) is 90.3 Å². The van der Waals surface area contributed by atoms with Gasteiger partial charge in [-0.05, 0) is 36.8 Å². The van der Waals surface area contributed by atoms with Gasteiger partial charge in [-0.1, -0.05) is 66.4 Å². The summed E-state index contributed by atoms with van der Waals surface area (Å²) in [6.45, 7) is 2.11. The van der Waals surface area contributed by atoms with E-state index in [2.05, 4.69) is 5.32 Å². The number of hydrogen-bond acceptors (Lipinski definition) is 6. The predicted octanol–water partition coefficient (Wildman–Crippen LogP) is 4.72. The van der Waals surface area contributed by atoms with Gasteiger partial charge in [0, 0.05) is 18.4 Å². The van der Waals surface area contributed by atoms with Gasteiger partial charge in [-0.15, -0.1) is 0 Å². The minimum atomic E-state index is -0.695. The summed E-state index contributed by atoms with van der Waals surface area (Å²) < 4.78 is 6.76. The molecule has 0 saturated carbocycles. The molecular formula is C27H25N3O4S. The smallest absolute Gasteiger partial charge is 0.262 e. The van der Waals surface area contributed by atoms with E-state index in [0.717, 1.165) is 5.56 Å². The Kier molecular flexibility index (Phi) is 7.74. The minimum absolute atomic E-state index is 0.0855. The zero-order valence-corrected chi connectivity index (χ0v) is 20.2. The first-order valence-electron chi connectivity index (χ1n) is 11.1. The first kappa shape index (κ1) is 24.4. The van der Waals surface area contributed by atoms with E-state index in [-0.39, 0.29) is 17.2 Å². The van der Waals surface area contributed by atoms with Crippen molar-refractivity contribution in [3.63, 3.8) is 0 Å². The lowest BCUT2D eigenvalue weighted by Gasteiger charge is -2.19. The standard InChI is InChI=1S/C27H25N3O4S/c1-18(31)20-11-8-12-21(17-20)28-25(32)24(19-9-4-3-5-10-19)35-27-29-23-14-7-6-13-22(23)26(33)30(27)15-16-34-2/h3-14,17,24H,15-16H2,1-2H3,(H,28,32). The second-order valence-electron chi connectivity index (χ2n) is 7.90. The van der Waals surface area contributed by atoms with Gasteiger partial charge in [-0.2, -0.15) is 0 Å². The highest BCUT2D eigenvalue weighted by Gasteiger charge is 2.25. The summed E-state index contributed by atoms with van der Waals surface area (Å²) in [4.78, 5) is 43.3. The van der Waals surface area contributed by atoms with Crippen LogP contribution in [0, 0.1) is 0 Å². The maximum Gasteiger partial charge on any atom is 0.262 e. The first-order chi connectivity index (χ1) is 17.0. The number of Topliss-reactive ketones (excluding diaryl/α,β-unsaturated/α-hetero) is 1. The highest BCUT2D eigenvalue weighted by Crippen LogP contribution is 2.35. The van der Waals surface area contributed by atoms with Gasteiger partial charge in [-0.3, -0.25) is 19.0 Å². The Morgan fingerprint density at radius 1 is 1.03 bits per heavy atom. The molecule has 3 aromatic carbocycles. The number of anilines is 1. The van der Waals surface area contributed by atoms with E-state index in [4.69, 9.17) is 9.72 Å². The normalized spacial score (nSPS) is 11.8. The van der Waals surface area contributed by atoms with Crippen LogP contribution in [-0.4, -0.2) is 35.0 Å². The third-order valence-electron chi connectivity index (χ3n) is 5.45. The van der Waals surface area contributed by atoms with Crippen molar-refractivity contribution in [1.29, 1.82) is 0 Å². The molecule has 8 heteroatoms. The number of ketones is 1. The number of amides is 1. The molecule has 1 unspecified atom stereocenters. The second-order valence-corrected chi connectivity index (χ2v) is 8.97. The molecule has 1 N–H and O–H groups in total. The van der Waals surface area contributed by atoms with Gasteiger partial charge in [0.25, 0.3) is 5.56 Å². The maximum atomic E-state index is 13.5. The number of aromatic nitrogens is 2. The molecule has 7 nitrogen and oxygen atoms in total. The Bertz CT molecular complexity index is 1420. The molecule has 0 aliphatic rings. The van der Waals surface area contributed by atoms with Crippen LogP contribution in [0.4, 0.5) is 5.69 Å². The summed E-state index contributed by atoms with van der Waals surface area (Å²) in [6, 6.07) is 23.3. The molecule has 0 aliphatic heterocycles. The Morgan fingerprint density at radius 2 is 1.77 bits per heavy atom. The highest BCUT2D eigenvalue weighted by atomic mass is 32.2. The lowest BCUT2D eigenvalue weighted by Crippen LogP contribution is -2.26. The van der Waals surface area contributed by atoms with Crippen molar-refractivity contribution in [2.75, 3.05) is 19.0 Å². The lowest BCUT2D eigenvalue weighted by molar-refractivity contribution is -0.115. The minimum Gasteiger partial charge on any atom is -0.383 e. The van der Waals surface area contributed by atoms with Crippen molar-refractivity contribution < 1.29 is 14.3 Å². The monoisotopic (exact) mass is 487 g/mol. The van der Waals surface area contributed by atoms with E-state index in [1.165, 1.54) is 18.7 Å². The summed E-state index contributed by atoms with van der Waals surface area (Å²) in [6.07, 6.45) is 0. The third kappa shape index (κ3) is 5.67. The van der Waals surface area contributed by atoms with Crippen LogP contribution in [0.3, 0.4) is 0 Å². The molecule has 178 valence electrons. The van der Waals surface area contributed by atoms with Crippen LogP contribution in [0.5, 0.6) is 0 Å². The molecule has 0 fully saturated rings. The summed E-state index contributed by atoms with van der Waals surface area (Å²) in [5.41, 5.74) is 2.17. The first-order valence-corrected chi connectivity index (χ1v) is 12.0. The number of thioether (sulfide) groups is 1. The van der Waals surface area contributed by atoms with E-state index < -0.39 is 5.25 Å². The third-order valence-corrected chi connectivity index (χ3v) is 6.69. The highest BCUT2D eigenvalue weighted by molar-refractivity contribution is 8.00. The van der Waals surface area contributed by atoms with E-state index in [1.54, 1.807) is 54.1 Å². The van der Waals surface area contributed by atoms with Gasteiger partial charge in [-0.25, -0.2) is 4.98 Å². The number of fused-ring (bicyclic) bond motifs is 1. The number of methoxy groups -OCH3 is 1. The fourth-order valence-electron chi connectivity index (χ4n) is 3.65. The molecule has 0 saturated heterocycles. The fraction of sp³-hybridized carbons (Fsp3) is 0.185. The van der Waals surface area contributed by atoms with Gasteiger partial charge in [0.15, 0.2) is 10.9 Å². The Labute approximate surface area is 207 Å². The Balaban J connectivity index is 1.74. The Morgan fingerprint density at radius 3 is 2.51 bits per heavy atom. The van der Waals surface area contributed by atoms with Crippen molar-refractivity contribution >= 4 is 40.0 Å². The number of rotatable bonds is 9. The number of para-hydroxylation sites is 1. The van der Waals surface area contributed by atoms with Gasteiger partial charge >= 0.3 is 0 Å². The van der Waals surface area contributed by atoms with Gasteiger partial charge in [0.2, 0.25) is 5.91 Å². The zero-order chi connectivity index (χ0) is 24.8. The number of nitrogens with one attached hydrogen (secondary N) is 1. The molecule has 0 bridgehead atoms. The van der Waals surface area contributed by atoms with Crippen molar-refractivity contribution in [3.8, 4) is 0 Å². The number of nitrogens with zero attached hydrogens (tertiary/aromatic N) is 2. The van der Waals surface area contributed by atoms with E-state index in [0.29, 0.717) is 40.5 Å². The van der Waals surface area contributed by atoms with Crippen LogP contribution < -0.4 is 10.9 Å². The SMILES string of the molecule is COCCn1c(SC(C(=O)Nc2cccc(C(C)=O)c2)c2ccccc2)nc2ccccc2c1=O. The van der Waals surface area contributed by atoms with Crippen molar-refractivity contribution in [1.82, 2.24) is 9.55 Å². The number of ether oxygens (including phenoxy) is 1. The van der Waals surface area contributed by atoms with Gasteiger partial charge in [0.05, 0.1) is 24.1 Å². The van der Waals surface area contributed by atoms with E-state index >= 15 is 0 Å². The molecule has 1 amide bonds. The van der Waals surface area contributed by atoms with Crippen molar-refractivity contribution in [3.05, 3.63) is 100 Å². The predicted molar refractivity (Wildman–Crippen MR) is 138 cm³/mol. The molecule has 1 heterocycles. The maximum absolute atomic E-state index is 13.5. The van der Waals surface area contributed by atoms with Crippen LogP contribution in [0.15, 0.2) is 88.8 Å². The molecule has 35 heavy (non-hydrogen) atoms. The molecule has 0 aliphatic carbocycles. The summed E-state index contributed by atoms with van der Waals surface area (Å²) >= 11 is 1.20. The number of carbonyl (C=O) groups is 2. The van der Waals surface area contributed by atoms with E-state index in [9.17, 15) is 14.4 Å². The van der Waals surface area contributed by atoms with Crippen LogP contribution in [0.2, 0.25) is 0 Å². The largest absolute Gasteiger partial charge is 0.383 e. The summed E-state index contributed by atoms with van der Waals surface area (Å²) in [5, 5.41) is 3.16. The Hall–Kier alpha value is -3.75. The fourth-order valence-corrected chi connectivity index (χ4v) is 4.77. The molecule has 4 aromatic rings. The van der Waals surface area contributed by atoms with Crippen LogP contribution >= 0.6 is 11.8 Å². The van der Waals surface area contributed by atoms with Crippen molar-refractivity contribution in [2.45, 2.75) is 23.9 Å².